The highest BCUT2D eigenvalue weighted by Crippen LogP contribution is 2.13. The molecular formula is C12H20N4O3. The van der Waals surface area contributed by atoms with Gasteiger partial charge in [-0.05, 0) is 12.3 Å². The number of carbonyl (C=O) groups is 2. The van der Waals surface area contributed by atoms with Crippen LogP contribution in [0.1, 0.15) is 26.0 Å². The number of carboxylic acids is 1. The van der Waals surface area contributed by atoms with Crippen LogP contribution in [0.4, 0.5) is 10.5 Å². The van der Waals surface area contributed by atoms with Crippen molar-refractivity contribution in [2.75, 3.05) is 11.9 Å². The Balaban J connectivity index is 2.44. The molecule has 3 N–H and O–H groups in total. The van der Waals surface area contributed by atoms with Gasteiger partial charge in [0.1, 0.15) is 0 Å². The van der Waals surface area contributed by atoms with Crippen molar-refractivity contribution in [1.29, 1.82) is 0 Å². The third-order valence-electron chi connectivity index (χ3n) is 2.62. The van der Waals surface area contributed by atoms with Crippen LogP contribution >= 0.6 is 0 Å². The summed E-state index contributed by atoms with van der Waals surface area (Å²) in [5.41, 5.74) is 1.49. The van der Waals surface area contributed by atoms with Gasteiger partial charge in [-0.15, -0.1) is 0 Å². The first kappa shape index (κ1) is 15.0. The van der Waals surface area contributed by atoms with Gasteiger partial charge in [-0.2, -0.15) is 5.10 Å². The van der Waals surface area contributed by atoms with Gasteiger partial charge in [0.05, 0.1) is 11.4 Å². The number of aryl methyl sites for hydroxylation is 2. The molecule has 1 unspecified atom stereocenters. The molecule has 1 heterocycles. The molecule has 7 nitrogen and oxygen atoms in total. The molecule has 1 atom stereocenters. The maximum absolute atomic E-state index is 11.7. The lowest BCUT2D eigenvalue weighted by Crippen LogP contribution is -2.33. The maximum Gasteiger partial charge on any atom is 0.319 e. The van der Waals surface area contributed by atoms with Crippen LogP contribution in [0.2, 0.25) is 0 Å². The Morgan fingerprint density at radius 1 is 1.53 bits per heavy atom. The van der Waals surface area contributed by atoms with E-state index in [1.165, 1.54) is 0 Å². The Morgan fingerprint density at radius 2 is 2.21 bits per heavy atom. The number of amides is 2. The first-order valence-electron chi connectivity index (χ1n) is 6.21. The van der Waals surface area contributed by atoms with Crippen LogP contribution in [0.15, 0.2) is 6.20 Å². The highest BCUT2D eigenvalue weighted by molar-refractivity contribution is 5.89. The van der Waals surface area contributed by atoms with Gasteiger partial charge in [-0.1, -0.05) is 13.8 Å². The minimum Gasteiger partial charge on any atom is -0.481 e. The lowest BCUT2D eigenvalue weighted by atomic mass is 10.1. The zero-order valence-corrected chi connectivity index (χ0v) is 11.4. The van der Waals surface area contributed by atoms with Crippen molar-refractivity contribution < 1.29 is 14.7 Å². The van der Waals surface area contributed by atoms with E-state index in [9.17, 15) is 9.59 Å². The number of carboxylic acid groups (broad SMARTS) is 1. The van der Waals surface area contributed by atoms with Crippen molar-refractivity contribution in [1.82, 2.24) is 15.1 Å². The number of aromatic nitrogens is 2. The molecule has 0 aromatic carbocycles. The SMILES string of the molecule is CCc1nn(C)cc1NC(=O)NCC(C)CC(=O)O. The van der Waals surface area contributed by atoms with Crippen LogP contribution in [0, 0.1) is 5.92 Å². The molecule has 0 aliphatic carbocycles. The molecule has 1 rings (SSSR count). The smallest absolute Gasteiger partial charge is 0.319 e. The monoisotopic (exact) mass is 268 g/mol. The number of nitrogens with zero attached hydrogens (tertiary/aromatic N) is 2. The van der Waals surface area contributed by atoms with Crippen LogP contribution in [-0.2, 0) is 18.3 Å². The summed E-state index contributed by atoms with van der Waals surface area (Å²) in [6, 6.07) is -0.347. The molecule has 7 heteroatoms. The van der Waals surface area contributed by atoms with Crippen LogP contribution in [0.5, 0.6) is 0 Å². The lowest BCUT2D eigenvalue weighted by molar-refractivity contribution is -0.137. The predicted octanol–water partition coefficient (Wildman–Crippen LogP) is 1.21. The predicted molar refractivity (Wildman–Crippen MR) is 71.0 cm³/mol. The van der Waals surface area contributed by atoms with Crippen molar-refractivity contribution >= 4 is 17.7 Å². The van der Waals surface area contributed by atoms with Crippen LogP contribution < -0.4 is 10.6 Å². The van der Waals surface area contributed by atoms with E-state index in [0.717, 1.165) is 12.1 Å². The topological polar surface area (TPSA) is 96.3 Å². The summed E-state index contributed by atoms with van der Waals surface area (Å²) in [6.07, 6.45) is 2.50. The van der Waals surface area contributed by atoms with Crippen LogP contribution in [0.3, 0.4) is 0 Å². The van der Waals surface area contributed by atoms with Gasteiger partial charge >= 0.3 is 12.0 Å². The number of rotatable bonds is 6. The third kappa shape index (κ3) is 4.99. The molecular weight excluding hydrogens is 248 g/mol. The number of urea groups is 1. The Kier molecular flexibility index (Phi) is 5.35. The molecule has 0 bridgehead atoms. The van der Waals surface area contributed by atoms with Gasteiger partial charge in [0, 0.05) is 26.2 Å². The van der Waals surface area contributed by atoms with E-state index in [-0.39, 0.29) is 18.4 Å². The molecule has 106 valence electrons. The van der Waals surface area contributed by atoms with E-state index in [2.05, 4.69) is 15.7 Å². The largest absolute Gasteiger partial charge is 0.481 e. The molecule has 0 saturated carbocycles. The summed E-state index contributed by atoms with van der Waals surface area (Å²) in [4.78, 5) is 22.2. The Labute approximate surface area is 112 Å². The van der Waals surface area contributed by atoms with Gasteiger partial charge in [-0.3, -0.25) is 9.48 Å². The fourth-order valence-electron chi connectivity index (χ4n) is 1.70. The standard InChI is InChI=1S/C12H20N4O3/c1-4-9-10(7-16(3)15-9)14-12(19)13-6-8(2)5-11(17)18/h7-8H,4-6H2,1-3H3,(H,17,18)(H2,13,14,19). The number of nitrogens with one attached hydrogen (secondary N) is 2. The summed E-state index contributed by atoms with van der Waals surface area (Å²) in [5.74, 6) is -0.974. The summed E-state index contributed by atoms with van der Waals surface area (Å²) in [5, 5.41) is 18.2. The summed E-state index contributed by atoms with van der Waals surface area (Å²) >= 11 is 0. The summed E-state index contributed by atoms with van der Waals surface area (Å²) in [7, 11) is 1.79. The quantitative estimate of drug-likeness (QED) is 0.722. The fourth-order valence-corrected chi connectivity index (χ4v) is 1.70. The van der Waals surface area contributed by atoms with Gasteiger partial charge in [0.15, 0.2) is 0 Å². The molecule has 1 aromatic rings. The highest BCUT2D eigenvalue weighted by atomic mass is 16.4. The number of carbonyl (C=O) groups excluding carboxylic acids is 1. The van der Waals surface area contributed by atoms with E-state index in [0.29, 0.717) is 12.2 Å². The molecule has 2 amide bonds. The molecule has 0 fully saturated rings. The molecule has 0 spiro atoms. The van der Waals surface area contributed by atoms with Crippen molar-refractivity contribution in [3.05, 3.63) is 11.9 Å². The van der Waals surface area contributed by atoms with Gasteiger partial charge < -0.3 is 15.7 Å². The lowest BCUT2D eigenvalue weighted by Gasteiger charge is -2.11. The Bertz CT molecular complexity index is 456. The number of anilines is 1. The minimum atomic E-state index is -0.866. The van der Waals surface area contributed by atoms with Gasteiger partial charge in [-0.25, -0.2) is 4.79 Å². The molecule has 0 aliphatic rings. The molecule has 0 aliphatic heterocycles. The first-order valence-corrected chi connectivity index (χ1v) is 6.21. The molecule has 0 radical (unpaired) electrons. The Hall–Kier alpha value is -2.05. The summed E-state index contributed by atoms with van der Waals surface area (Å²) in [6.45, 7) is 4.05. The molecule has 19 heavy (non-hydrogen) atoms. The van der Waals surface area contributed by atoms with E-state index in [1.807, 2.05) is 6.92 Å². The van der Waals surface area contributed by atoms with E-state index < -0.39 is 5.97 Å². The highest BCUT2D eigenvalue weighted by Gasteiger charge is 2.11. The van der Waals surface area contributed by atoms with E-state index in [1.54, 1.807) is 24.9 Å². The zero-order chi connectivity index (χ0) is 14.4. The van der Waals surface area contributed by atoms with Crippen molar-refractivity contribution in [2.24, 2.45) is 13.0 Å². The second-order valence-electron chi connectivity index (χ2n) is 4.55. The minimum absolute atomic E-state index is 0.0351. The second-order valence-corrected chi connectivity index (χ2v) is 4.55. The van der Waals surface area contributed by atoms with Crippen molar-refractivity contribution in [2.45, 2.75) is 26.7 Å². The maximum atomic E-state index is 11.7. The first-order chi connectivity index (χ1) is 8.92. The van der Waals surface area contributed by atoms with Crippen molar-refractivity contribution in [3.8, 4) is 0 Å². The number of hydrogen-bond acceptors (Lipinski definition) is 3. The third-order valence-corrected chi connectivity index (χ3v) is 2.62. The molecule has 1 aromatic heterocycles. The van der Waals surface area contributed by atoms with Crippen LogP contribution in [0.25, 0.3) is 0 Å². The van der Waals surface area contributed by atoms with Crippen molar-refractivity contribution in [3.63, 3.8) is 0 Å². The molecule has 0 saturated heterocycles. The number of aliphatic carboxylic acids is 1. The average Bonchev–Trinajstić information content (AvgIpc) is 2.66. The van der Waals surface area contributed by atoms with Crippen LogP contribution in [-0.4, -0.2) is 33.4 Å². The summed E-state index contributed by atoms with van der Waals surface area (Å²) < 4.78 is 1.64. The van der Waals surface area contributed by atoms with Gasteiger partial charge in [0.2, 0.25) is 0 Å². The Morgan fingerprint density at radius 3 is 2.79 bits per heavy atom. The second kappa shape index (κ2) is 6.77. The van der Waals surface area contributed by atoms with E-state index in [4.69, 9.17) is 5.11 Å². The normalized spacial score (nSPS) is 11.9. The van der Waals surface area contributed by atoms with Gasteiger partial charge in [0.25, 0.3) is 0 Å². The zero-order valence-electron chi connectivity index (χ0n) is 11.4. The average molecular weight is 268 g/mol. The fraction of sp³-hybridized carbons (Fsp3) is 0.583. The number of hydrogen-bond donors (Lipinski definition) is 3. The van der Waals surface area contributed by atoms with E-state index >= 15 is 0 Å².